The van der Waals surface area contributed by atoms with Crippen LogP contribution in [-0.4, -0.2) is 31.4 Å². The second kappa shape index (κ2) is 9.59. The smallest absolute Gasteiger partial charge is 0.236 e. The highest BCUT2D eigenvalue weighted by Gasteiger charge is 2.15. The first kappa shape index (κ1) is 20.8. The molecule has 0 saturated heterocycles. The zero-order valence-corrected chi connectivity index (χ0v) is 19.3. The van der Waals surface area contributed by atoms with Crippen LogP contribution in [0.25, 0.3) is 10.2 Å². The molecule has 0 saturated carbocycles. The van der Waals surface area contributed by atoms with Crippen LogP contribution in [0, 0.1) is 0 Å². The van der Waals surface area contributed by atoms with E-state index in [1.807, 2.05) is 60.0 Å². The third-order valence-electron chi connectivity index (χ3n) is 4.16. The van der Waals surface area contributed by atoms with E-state index >= 15 is 0 Å². The minimum atomic E-state index is -0.127. The standard InChI is InChI=1S/C20H18BrN5O2S2/c1-2-26-17(11-28-14-9-7-13(21)8-10-14)24-25-20(26)29-12-18(27)23-19-22-15-5-3-4-6-16(15)30-19/h3-10H,2,11-12H2,1H3,(H,22,23,27). The first-order valence-electron chi connectivity index (χ1n) is 9.21. The molecule has 2 aromatic heterocycles. The molecule has 7 nitrogen and oxygen atoms in total. The van der Waals surface area contributed by atoms with E-state index in [0.717, 1.165) is 26.3 Å². The van der Waals surface area contributed by atoms with E-state index in [1.54, 1.807) is 0 Å². The van der Waals surface area contributed by atoms with Gasteiger partial charge in [-0.3, -0.25) is 4.79 Å². The van der Waals surface area contributed by atoms with Gasteiger partial charge in [0.15, 0.2) is 16.1 Å². The lowest BCUT2D eigenvalue weighted by molar-refractivity contribution is -0.113. The van der Waals surface area contributed by atoms with Gasteiger partial charge in [0.05, 0.1) is 16.0 Å². The number of amides is 1. The van der Waals surface area contributed by atoms with Crippen LogP contribution in [0.4, 0.5) is 5.13 Å². The quantitative estimate of drug-likeness (QED) is 0.341. The molecular weight excluding hydrogens is 486 g/mol. The van der Waals surface area contributed by atoms with Crippen LogP contribution in [0.1, 0.15) is 12.7 Å². The summed E-state index contributed by atoms with van der Waals surface area (Å²) in [5, 5.41) is 12.6. The molecule has 0 aliphatic heterocycles. The van der Waals surface area contributed by atoms with Crippen LogP contribution < -0.4 is 10.1 Å². The van der Waals surface area contributed by atoms with Crippen molar-refractivity contribution in [2.75, 3.05) is 11.1 Å². The van der Waals surface area contributed by atoms with Gasteiger partial charge in [0.25, 0.3) is 0 Å². The molecule has 30 heavy (non-hydrogen) atoms. The molecule has 0 spiro atoms. The van der Waals surface area contributed by atoms with Gasteiger partial charge in [0.2, 0.25) is 5.91 Å². The fraction of sp³-hybridized carbons (Fsp3) is 0.200. The fourth-order valence-electron chi connectivity index (χ4n) is 2.74. The molecule has 0 radical (unpaired) electrons. The highest BCUT2D eigenvalue weighted by Crippen LogP contribution is 2.26. The number of nitrogens with one attached hydrogen (secondary N) is 1. The van der Waals surface area contributed by atoms with Crippen molar-refractivity contribution in [2.45, 2.75) is 25.2 Å². The Morgan fingerprint density at radius 2 is 2.00 bits per heavy atom. The van der Waals surface area contributed by atoms with Crippen molar-refractivity contribution in [3.8, 4) is 5.75 Å². The lowest BCUT2D eigenvalue weighted by Gasteiger charge is -2.09. The van der Waals surface area contributed by atoms with Crippen LogP contribution in [0.2, 0.25) is 0 Å². The van der Waals surface area contributed by atoms with Gasteiger partial charge in [-0.15, -0.1) is 10.2 Å². The number of carbonyl (C=O) groups excluding carboxylic acids is 1. The predicted molar refractivity (Wildman–Crippen MR) is 123 cm³/mol. The molecule has 2 aromatic carbocycles. The van der Waals surface area contributed by atoms with E-state index in [4.69, 9.17) is 4.74 Å². The zero-order chi connectivity index (χ0) is 20.9. The summed E-state index contributed by atoms with van der Waals surface area (Å²) in [7, 11) is 0. The van der Waals surface area contributed by atoms with Gasteiger partial charge >= 0.3 is 0 Å². The Bertz CT molecular complexity index is 1130. The summed E-state index contributed by atoms with van der Waals surface area (Å²) in [5.41, 5.74) is 0.881. The summed E-state index contributed by atoms with van der Waals surface area (Å²) in [6, 6.07) is 15.4. The van der Waals surface area contributed by atoms with Crippen LogP contribution in [0.5, 0.6) is 5.75 Å². The number of benzene rings is 2. The summed E-state index contributed by atoms with van der Waals surface area (Å²) in [6.45, 7) is 3.01. The lowest BCUT2D eigenvalue weighted by atomic mass is 10.3. The van der Waals surface area contributed by atoms with Gasteiger partial charge in [-0.1, -0.05) is 51.2 Å². The molecule has 10 heteroatoms. The fourth-order valence-corrected chi connectivity index (χ4v) is 4.71. The zero-order valence-electron chi connectivity index (χ0n) is 16.0. The van der Waals surface area contributed by atoms with Gasteiger partial charge in [-0.25, -0.2) is 4.98 Å². The van der Waals surface area contributed by atoms with Crippen molar-refractivity contribution in [2.24, 2.45) is 0 Å². The van der Waals surface area contributed by atoms with E-state index in [-0.39, 0.29) is 11.7 Å². The molecule has 4 aromatic rings. The number of anilines is 1. The number of para-hydroxylation sites is 1. The van der Waals surface area contributed by atoms with Crippen LogP contribution >= 0.6 is 39.0 Å². The average molecular weight is 504 g/mol. The molecule has 154 valence electrons. The molecule has 4 rings (SSSR count). The van der Waals surface area contributed by atoms with Crippen molar-refractivity contribution in [1.82, 2.24) is 19.7 Å². The second-order valence-electron chi connectivity index (χ2n) is 6.21. The number of halogens is 1. The minimum absolute atomic E-state index is 0.127. The summed E-state index contributed by atoms with van der Waals surface area (Å²) < 4.78 is 9.79. The van der Waals surface area contributed by atoms with Gasteiger partial charge < -0.3 is 14.6 Å². The Labute approximate surface area is 190 Å². The third-order valence-corrected chi connectivity index (χ3v) is 6.61. The third kappa shape index (κ3) is 5.00. The molecule has 0 fully saturated rings. The van der Waals surface area contributed by atoms with Crippen molar-refractivity contribution in [1.29, 1.82) is 0 Å². The van der Waals surface area contributed by atoms with Crippen molar-refractivity contribution >= 4 is 60.3 Å². The molecule has 0 bridgehead atoms. The van der Waals surface area contributed by atoms with Crippen molar-refractivity contribution in [3.63, 3.8) is 0 Å². The first-order chi connectivity index (χ1) is 14.6. The number of ether oxygens (including phenoxy) is 1. The number of nitrogens with zero attached hydrogens (tertiary/aromatic N) is 4. The largest absolute Gasteiger partial charge is 0.486 e. The Hall–Kier alpha value is -2.43. The SMILES string of the molecule is CCn1c(COc2ccc(Br)cc2)nnc1SCC(=O)Nc1nc2ccccc2s1. The number of carbonyl (C=O) groups is 1. The summed E-state index contributed by atoms with van der Waals surface area (Å²) in [6.07, 6.45) is 0. The number of hydrogen-bond donors (Lipinski definition) is 1. The minimum Gasteiger partial charge on any atom is -0.486 e. The van der Waals surface area contributed by atoms with Crippen LogP contribution in [0.3, 0.4) is 0 Å². The van der Waals surface area contributed by atoms with Crippen LogP contribution in [-0.2, 0) is 17.9 Å². The van der Waals surface area contributed by atoms with Crippen molar-refractivity contribution < 1.29 is 9.53 Å². The number of rotatable bonds is 8. The molecule has 1 N–H and O–H groups in total. The maximum Gasteiger partial charge on any atom is 0.236 e. The van der Waals surface area contributed by atoms with Crippen LogP contribution in [0.15, 0.2) is 58.2 Å². The van der Waals surface area contributed by atoms with Crippen molar-refractivity contribution in [3.05, 3.63) is 58.8 Å². The maximum absolute atomic E-state index is 12.4. The van der Waals surface area contributed by atoms with E-state index in [2.05, 4.69) is 36.4 Å². The molecule has 0 aliphatic carbocycles. The molecule has 2 heterocycles. The predicted octanol–water partition coefficient (Wildman–Crippen LogP) is 4.98. The molecule has 0 aliphatic rings. The number of aromatic nitrogens is 4. The van der Waals surface area contributed by atoms with E-state index in [1.165, 1.54) is 23.1 Å². The number of thioether (sulfide) groups is 1. The second-order valence-corrected chi connectivity index (χ2v) is 9.10. The highest BCUT2D eigenvalue weighted by molar-refractivity contribution is 9.10. The monoisotopic (exact) mass is 503 g/mol. The van der Waals surface area contributed by atoms with Gasteiger partial charge in [0.1, 0.15) is 12.4 Å². The summed E-state index contributed by atoms with van der Waals surface area (Å²) in [5.74, 6) is 1.57. The van der Waals surface area contributed by atoms with Gasteiger partial charge in [0, 0.05) is 11.0 Å². The molecule has 0 unspecified atom stereocenters. The summed E-state index contributed by atoms with van der Waals surface area (Å²) in [4.78, 5) is 16.8. The maximum atomic E-state index is 12.4. The van der Waals surface area contributed by atoms with E-state index < -0.39 is 0 Å². The molecular formula is C20H18BrN5O2S2. The molecule has 1 amide bonds. The van der Waals surface area contributed by atoms with Gasteiger partial charge in [-0.2, -0.15) is 0 Å². The van der Waals surface area contributed by atoms with E-state index in [9.17, 15) is 4.79 Å². The summed E-state index contributed by atoms with van der Waals surface area (Å²) >= 11 is 6.21. The highest BCUT2D eigenvalue weighted by atomic mass is 79.9. The Balaban J connectivity index is 1.34. The first-order valence-corrected chi connectivity index (χ1v) is 11.8. The Morgan fingerprint density at radius 3 is 2.77 bits per heavy atom. The number of hydrogen-bond acceptors (Lipinski definition) is 7. The average Bonchev–Trinajstić information content (AvgIpc) is 3.34. The van der Waals surface area contributed by atoms with Gasteiger partial charge in [-0.05, 0) is 43.3 Å². The van der Waals surface area contributed by atoms with E-state index in [0.29, 0.717) is 23.4 Å². The lowest BCUT2D eigenvalue weighted by Crippen LogP contribution is -2.14. The molecule has 0 atom stereocenters. The Morgan fingerprint density at radius 1 is 1.20 bits per heavy atom. The normalized spacial score (nSPS) is 11.0. The number of thiazole rings is 1. The Kier molecular flexibility index (Phi) is 6.66. The number of fused-ring (bicyclic) bond motifs is 1. The topological polar surface area (TPSA) is 81.9 Å².